The Morgan fingerprint density at radius 3 is 2.86 bits per heavy atom. The topological polar surface area (TPSA) is 95.4 Å². The van der Waals surface area contributed by atoms with Crippen molar-refractivity contribution in [1.29, 1.82) is 0 Å². The summed E-state index contributed by atoms with van der Waals surface area (Å²) in [7, 11) is 0. The normalized spacial score (nSPS) is 29.9. The molecule has 0 spiro atoms. The van der Waals surface area contributed by atoms with Crippen LogP contribution < -0.4 is 11.1 Å². The van der Waals surface area contributed by atoms with E-state index in [1.807, 2.05) is 12.3 Å². The smallest absolute Gasteiger partial charge is 0.153 e. The van der Waals surface area contributed by atoms with Crippen LogP contribution in [0.3, 0.4) is 0 Å². The SMILES string of the molecule is Nc1n[nH]c2cc(F)c([C@@H]3Nc4ccc5[nH]ncc5c4[C@H]4[C@@H]5CC[C@@H](C5)[C@H]43)cc12. The van der Waals surface area contributed by atoms with Gasteiger partial charge in [-0.3, -0.25) is 10.2 Å². The zero-order chi connectivity index (χ0) is 19.3. The van der Waals surface area contributed by atoms with E-state index in [9.17, 15) is 0 Å². The van der Waals surface area contributed by atoms with Crippen LogP contribution in [0.1, 0.15) is 42.3 Å². The van der Waals surface area contributed by atoms with E-state index in [1.165, 1.54) is 36.3 Å². The number of H-pyrrole nitrogens is 2. The molecule has 2 aliphatic carbocycles. The highest BCUT2D eigenvalue weighted by molar-refractivity contribution is 5.90. The molecular weight excluding hydrogens is 367 g/mol. The first-order valence-electron chi connectivity index (χ1n) is 10.3. The van der Waals surface area contributed by atoms with Crippen molar-refractivity contribution in [3.05, 3.63) is 47.4 Å². The van der Waals surface area contributed by atoms with Gasteiger partial charge in [0.05, 0.1) is 23.3 Å². The average molecular weight is 388 g/mol. The van der Waals surface area contributed by atoms with Gasteiger partial charge in [-0.05, 0) is 72.8 Å². The number of aromatic amines is 2. The Labute approximate surface area is 166 Å². The Morgan fingerprint density at radius 1 is 1.03 bits per heavy atom. The van der Waals surface area contributed by atoms with Gasteiger partial charge in [-0.2, -0.15) is 10.2 Å². The van der Waals surface area contributed by atoms with E-state index >= 15 is 4.39 Å². The van der Waals surface area contributed by atoms with Crippen molar-refractivity contribution < 1.29 is 4.39 Å². The van der Waals surface area contributed by atoms with E-state index in [0.29, 0.717) is 40.6 Å². The van der Waals surface area contributed by atoms with Crippen molar-refractivity contribution in [2.24, 2.45) is 17.8 Å². The summed E-state index contributed by atoms with van der Waals surface area (Å²) in [4.78, 5) is 0. The number of hydrogen-bond acceptors (Lipinski definition) is 4. The van der Waals surface area contributed by atoms with E-state index in [0.717, 1.165) is 16.6 Å². The molecule has 3 heterocycles. The second kappa shape index (κ2) is 5.28. The summed E-state index contributed by atoms with van der Waals surface area (Å²) < 4.78 is 15.2. The summed E-state index contributed by atoms with van der Waals surface area (Å²) >= 11 is 0. The molecule has 3 aliphatic rings. The van der Waals surface area contributed by atoms with Gasteiger partial charge in [0.1, 0.15) is 5.82 Å². The number of aromatic nitrogens is 4. The lowest BCUT2D eigenvalue weighted by molar-refractivity contribution is 0.246. The zero-order valence-corrected chi connectivity index (χ0v) is 15.7. The standard InChI is InChI=1S/C22H21FN6/c23-14-7-17-12(22(24)29-28-17)6-11(14)21-19-10-2-1-9(5-10)18(19)20-13-8-25-27-15(13)3-4-16(20)26-21/h3-4,6-10,18-19,21,26H,1-2,5H2,(H,25,27)(H3,24,28,29)/t9-,10+,18+,19-,21+/m1/s1. The van der Waals surface area contributed by atoms with Gasteiger partial charge in [-0.15, -0.1) is 0 Å². The van der Waals surface area contributed by atoms with Gasteiger partial charge in [0.25, 0.3) is 0 Å². The third kappa shape index (κ3) is 1.95. The maximum atomic E-state index is 15.2. The van der Waals surface area contributed by atoms with E-state index in [1.54, 1.807) is 0 Å². The summed E-state index contributed by atoms with van der Waals surface area (Å²) in [6.07, 6.45) is 5.68. The van der Waals surface area contributed by atoms with Gasteiger partial charge in [-0.1, -0.05) is 0 Å². The number of nitrogens with zero attached hydrogens (tertiary/aromatic N) is 2. The maximum absolute atomic E-state index is 15.2. The molecule has 0 amide bonds. The molecule has 7 rings (SSSR count). The van der Waals surface area contributed by atoms with E-state index in [-0.39, 0.29) is 11.9 Å². The first-order valence-corrected chi connectivity index (χ1v) is 10.3. The van der Waals surface area contributed by atoms with Crippen molar-refractivity contribution in [3.8, 4) is 0 Å². The van der Waals surface area contributed by atoms with Crippen LogP contribution in [0.2, 0.25) is 0 Å². The Bertz CT molecular complexity index is 1290. The molecule has 2 bridgehead atoms. The van der Waals surface area contributed by atoms with Crippen molar-refractivity contribution in [3.63, 3.8) is 0 Å². The zero-order valence-electron chi connectivity index (χ0n) is 15.7. The molecule has 2 fully saturated rings. The molecule has 1 aliphatic heterocycles. The van der Waals surface area contributed by atoms with Crippen molar-refractivity contribution in [2.75, 3.05) is 11.1 Å². The molecule has 0 radical (unpaired) electrons. The summed E-state index contributed by atoms with van der Waals surface area (Å²) in [6.45, 7) is 0. The van der Waals surface area contributed by atoms with Crippen LogP contribution >= 0.6 is 0 Å². The minimum absolute atomic E-state index is 0.0640. The summed E-state index contributed by atoms with van der Waals surface area (Å²) in [5.74, 6) is 2.32. The highest BCUT2D eigenvalue weighted by atomic mass is 19.1. The average Bonchev–Trinajstić information content (AvgIpc) is 3.51. The second-order valence-corrected chi connectivity index (χ2v) is 8.94. The molecule has 7 heteroatoms. The van der Waals surface area contributed by atoms with Crippen LogP contribution in [0.15, 0.2) is 30.5 Å². The van der Waals surface area contributed by atoms with Crippen LogP contribution in [0.4, 0.5) is 15.9 Å². The molecule has 0 unspecified atom stereocenters. The van der Waals surface area contributed by atoms with Crippen molar-refractivity contribution >= 4 is 33.3 Å². The number of hydrogen-bond donors (Lipinski definition) is 4. The number of nitrogen functional groups attached to an aromatic ring is 1. The quantitative estimate of drug-likeness (QED) is 0.387. The second-order valence-electron chi connectivity index (χ2n) is 8.94. The van der Waals surface area contributed by atoms with Crippen LogP contribution in [0.5, 0.6) is 0 Å². The molecule has 0 saturated heterocycles. The van der Waals surface area contributed by atoms with Gasteiger partial charge in [0, 0.05) is 22.0 Å². The Balaban J connectivity index is 1.46. The predicted octanol–water partition coefficient (Wildman–Crippen LogP) is 4.46. The fourth-order valence-electron chi connectivity index (χ4n) is 6.63. The molecule has 6 nitrogen and oxygen atoms in total. The Morgan fingerprint density at radius 2 is 1.93 bits per heavy atom. The third-order valence-corrected chi connectivity index (χ3v) is 7.72. The van der Waals surface area contributed by atoms with Gasteiger partial charge in [-0.25, -0.2) is 4.39 Å². The van der Waals surface area contributed by atoms with Crippen LogP contribution in [-0.2, 0) is 0 Å². The van der Waals surface area contributed by atoms with E-state index in [2.05, 4.69) is 37.8 Å². The highest BCUT2D eigenvalue weighted by Gasteiger charge is 2.54. The lowest BCUT2D eigenvalue weighted by Gasteiger charge is -2.43. The van der Waals surface area contributed by atoms with Crippen molar-refractivity contribution in [1.82, 2.24) is 20.4 Å². The molecule has 5 N–H and O–H groups in total. The molecule has 29 heavy (non-hydrogen) atoms. The number of fused-ring (bicyclic) bond motifs is 10. The van der Waals surface area contributed by atoms with Crippen LogP contribution in [0, 0.1) is 23.6 Å². The monoisotopic (exact) mass is 388 g/mol. The molecule has 2 aromatic carbocycles. The van der Waals surface area contributed by atoms with Crippen LogP contribution in [0.25, 0.3) is 21.8 Å². The first-order chi connectivity index (χ1) is 14.2. The minimum Gasteiger partial charge on any atom is -0.382 e. The molecule has 146 valence electrons. The summed E-state index contributed by atoms with van der Waals surface area (Å²) in [6, 6.07) is 7.55. The molecule has 4 aromatic rings. The fourth-order valence-corrected chi connectivity index (χ4v) is 6.63. The fraction of sp³-hybridized carbons (Fsp3) is 0.364. The number of nitrogens with one attached hydrogen (secondary N) is 3. The molecule has 2 saturated carbocycles. The maximum Gasteiger partial charge on any atom is 0.153 e. The summed E-state index contributed by atoms with van der Waals surface area (Å²) in [5.41, 5.74) is 10.9. The number of rotatable bonds is 1. The largest absolute Gasteiger partial charge is 0.382 e. The molecular formula is C22H21FN6. The predicted molar refractivity (Wildman–Crippen MR) is 110 cm³/mol. The lowest BCUT2D eigenvalue weighted by atomic mass is 9.67. The van der Waals surface area contributed by atoms with Crippen LogP contribution in [-0.4, -0.2) is 20.4 Å². The van der Waals surface area contributed by atoms with Gasteiger partial charge >= 0.3 is 0 Å². The van der Waals surface area contributed by atoms with Gasteiger partial charge in [0.2, 0.25) is 0 Å². The Hall–Kier alpha value is -3.09. The number of nitrogens with two attached hydrogens (primary N) is 1. The summed E-state index contributed by atoms with van der Waals surface area (Å²) in [5, 5.41) is 20.0. The third-order valence-electron chi connectivity index (χ3n) is 7.72. The van der Waals surface area contributed by atoms with E-state index in [4.69, 9.17) is 5.73 Å². The Kier molecular flexibility index (Phi) is 2.88. The number of benzene rings is 2. The van der Waals surface area contributed by atoms with Crippen molar-refractivity contribution in [2.45, 2.75) is 31.2 Å². The molecule has 5 atom stereocenters. The molecule has 2 aromatic heterocycles. The number of halogens is 1. The van der Waals surface area contributed by atoms with Gasteiger partial charge in [0.15, 0.2) is 5.82 Å². The first kappa shape index (κ1) is 15.8. The van der Waals surface area contributed by atoms with E-state index < -0.39 is 0 Å². The minimum atomic E-state index is -0.201. The lowest BCUT2D eigenvalue weighted by Crippen LogP contribution is -2.36. The van der Waals surface area contributed by atoms with Gasteiger partial charge < -0.3 is 11.1 Å². The highest BCUT2D eigenvalue weighted by Crippen LogP contribution is 2.64. The number of anilines is 2.